The predicted molar refractivity (Wildman–Crippen MR) is 97.7 cm³/mol. The van der Waals surface area contributed by atoms with Gasteiger partial charge in [0.15, 0.2) is 0 Å². The maximum atomic E-state index is 13.4. The highest BCUT2D eigenvalue weighted by molar-refractivity contribution is 6.06. The summed E-state index contributed by atoms with van der Waals surface area (Å²) in [5.74, 6) is -0.981. The van der Waals surface area contributed by atoms with Crippen LogP contribution in [0.4, 0.5) is 10.1 Å². The Morgan fingerprint density at radius 2 is 1.92 bits per heavy atom. The molecule has 25 heavy (non-hydrogen) atoms. The van der Waals surface area contributed by atoms with E-state index in [1.165, 1.54) is 12.1 Å². The summed E-state index contributed by atoms with van der Waals surface area (Å²) in [6.45, 7) is 6.24. The van der Waals surface area contributed by atoms with Gasteiger partial charge in [0.25, 0.3) is 5.91 Å². The average molecular weight is 338 g/mol. The molecule has 4 nitrogen and oxygen atoms in total. The molecule has 0 saturated heterocycles. The van der Waals surface area contributed by atoms with Gasteiger partial charge in [-0.15, -0.1) is 0 Å². The zero-order valence-corrected chi connectivity index (χ0v) is 14.4. The number of carbonyl (C=O) groups excluding carboxylic acids is 1. The lowest BCUT2D eigenvalue weighted by atomic mass is 10.1. The fraction of sp³-hybridized carbons (Fsp3) is 0.200. The fourth-order valence-corrected chi connectivity index (χ4v) is 2.85. The molecule has 1 N–H and O–H groups in total. The first-order chi connectivity index (χ1) is 11.9. The second-order valence-electron chi connectivity index (χ2n) is 6.09. The van der Waals surface area contributed by atoms with E-state index in [2.05, 4.69) is 5.32 Å². The van der Waals surface area contributed by atoms with Crippen LogP contribution in [0, 0.1) is 19.7 Å². The van der Waals surface area contributed by atoms with Crippen molar-refractivity contribution < 1.29 is 9.18 Å². The molecule has 0 aliphatic rings. The van der Waals surface area contributed by atoms with Gasteiger partial charge < -0.3 is 9.88 Å². The predicted octanol–water partition coefficient (Wildman–Crippen LogP) is 4.03. The second kappa shape index (κ2) is 6.51. The Kier molecular flexibility index (Phi) is 4.40. The number of nitrogens with one attached hydrogen (secondary N) is 1. The highest BCUT2D eigenvalue weighted by Crippen LogP contribution is 2.18. The summed E-state index contributed by atoms with van der Waals surface area (Å²) in [5, 5.41) is 3.15. The van der Waals surface area contributed by atoms with Gasteiger partial charge in [-0.2, -0.15) is 0 Å². The molecular formula is C20H19FN2O2. The molecule has 1 amide bonds. The van der Waals surface area contributed by atoms with Crippen LogP contribution < -0.4 is 10.7 Å². The molecular weight excluding hydrogens is 319 g/mol. The summed E-state index contributed by atoms with van der Waals surface area (Å²) in [6, 6.07) is 9.76. The lowest BCUT2D eigenvalue weighted by Gasteiger charge is -2.13. The van der Waals surface area contributed by atoms with Gasteiger partial charge in [0.2, 0.25) is 5.43 Å². The standard InChI is InChI=1S/C20H19FN2O2/c1-4-23-11-16(19(24)15-9-12(2)5-8-18(15)23)20(25)22-17-10-14(21)7-6-13(17)3/h5-11H,4H2,1-3H3,(H,22,25). The van der Waals surface area contributed by atoms with E-state index in [0.29, 0.717) is 17.6 Å². The molecule has 0 aliphatic carbocycles. The summed E-state index contributed by atoms with van der Waals surface area (Å²) in [5.41, 5.74) is 2.54. The molecule has 2 aromatic carbocycles. The van der Waals surface area contributed by atoms with Crippen molar-refractivity contribution in [2.45, 2.75) is 27.3 Å². The van der Waals surface area contributed by atoms with Gasteiger partial charge in [-0.3, -0.25) is 9.59 Å². The van der Waals surface area contributed by atoms with E-state index in [0.717, 1.165) is 16.6 Å². The summed E-state index contributed by atoms with van der Waals surface area (Å²) in [7, 11) is 0. The summed E-state index contributed by atoms with van der Waals surface area (Å²) < 4.78 is 15.3. The smallest absolute Gasteiger partial charge is 0.261 e. The maximum Gasteiger partial charge on any atom is 0.261 e. The molecule has 0 aliphatic heterocycles. The third-order valence-corrected chi connectivity index (χ3v) is 4.27. The van der Waals surface area contributed by atoms with E-state index in [1.807, 2.05) is 30.5 Å². The largest absolute Gasteiger partial charge is 0.347 e. The van der Waals surface area contributed by atoms with Crippen molar-refractivity contribution >= 4 is 22.5 Å². The Hall–Kier alpha value is -2.95. The molecule has 0 saturated carbocycles. The van der Waals surface area contributed by atoms with Crippen molar-refractivity contribution in [3.63, 3.8) is 0 Å². The number of aryl methyl sites for hydroxylation is 3. The van der Waals surface area contributed by atoms with Crippen LogP contribution in [0.25, 0.3) is 10.9 Å². The van der Waals surface area contributed by atoms with Crippen molar-refractivity contribution in [3.05, 3.63) is 75.3 Å². The van der Waals surface area contributed by atoms with Crippen LogP contribution in [0.15, 0.2) is 47.4 Å². The monoisotopic (exact) mass is 338 g/mol. The maximum absolute atomic E-state index is 13.4. The molecule has 0 unspecified atom stereocenters. The van der Waals surface area contributed by atoms with Gasteiger partial charge in [0, 0.05) is 23.8 Å². The summed E-state index contributed by atoms with van der Waals surface area (Å²) >= 11 is 0. The summed E-state index contributed by atoms with van der Waals surface area (Å²) in [4.78, 5) is 25.4. The lowest BCUT2D eigenvalue weighted by molar-refractivity contribution is 0.102. The summed E-state index contributed by atoms with van der Waals surface area (Å²) in [6.07, 6.45) is 1.56. The molecule has 0 radical (unpaired) electrons. The zero-order valence-electron chi connectivity index (χ0n) is 14.4. The normalized spacial score (nSPS) is 10.9. The lowest BCUT2D eigenvalue weighted by Crippen LogP contribution is -2.24. The van der Waals surface area contributed by atoms with Gasteiger partial charge in [0.1, 0.15) is 11.4 Å². The Balaban J connectivity index is 2.11. The number of carbonyl (C=O) groups is 1. The van der Waals surface area contributed by atoms with Crippen molar-refractivity contribution in [3.8, 4) is 0 Å². The fourth-order valence-electron chi connectivity index (χ4n) is 2.85. The molecule has 1 heterocycles. The van der Waals surface area contributed by atoms with Crippen LogP contribution in [0.3, 0.4) is 0 Å². The Morgan fingerprint density at radius 1 is 1.16 bits per heavy atom. The van der Waals surface area contributed by atoms with Crippen LogP contribution in [0.2, 0.25) is 0 Å². The molecule has 0 atom stereocenters. The van der Waals surface area contributed by atoms with Gasteiger partial charge >= 0.3 is 0 Å². The Bertz CT molecular complexity index is 1040. The van der Waals surface area contributed by atoms with E-state index in [1.54, 1.807) is 25.3 Å². The number of amides is 1. The van der Waals surface area contributed by atoms with Gasteiger partial charge in [-0.05, 0) is 50.6 Å². The quantitative estimate of drug-likeness (QED) is 0.784. The van der Waals surface area contributed by atoms with Gasteiger partial charge in [-0.25, -0.2) is 4.39 Å². The van der Waals surface area contributed by atoms with Crippen molar-refractivity contribution in [1.82, 2.24) is 4.57 Å². The van der Waals surface area contributed by atoms with Crippen LogP contribution in [0.1, 0.15) is 28.4 Å². The minimum Gasteiger partial charge on any atom is -0.347 e. The molecule has 0 spiro atoms. The number of hydrogen-bond acceptors (Lipinski definition) is 2. The molecule has 0 fully saturated rings. The first-order valence-corrected chi connectivity index (χ1v) is 8.12. The number of anilines is 1. The van der Waals surface area contributed by atoms with E-state index in [9.17, 15) is 14.0 Å². The first kappa shape index (κ1) is 16.9. The third kappa shape index (κ3) is 3.18. The number of nitrogens with zero attached hydrogens (tertiary/aromatic N) is 1. The van der Waals surface area contributed by atoms with E-state index >= 15 is 0 Å². The molecule has 0 bridgehead atoms. The second-order valence-corrected chi connectivity index (χ2v) is 6.09. The zero-order chi connectivity index (χ0) is 18.1. The van der Waals surface area contributed by atoms with Crippen LogP contribution in [-0.2, 0) is 6.54 Å². The number of hydrogen-bond donors (Lipinski definition) is 1. The van der Waals surface area contributed by atoms with Crippen molar-refractivity contribution in [1.29, 1.82) is 0 Å². The molecule has 1 aromatic heterocycles. The van der Waals surface area contributed by atoms with E-state index in [4.69, 9.17) is 0 Å². The number of pyridine rings is 1. The van der Waals surface area contributed by atoms with Crippen molar-refractivity contribution in [2.75, 3.05) is 5.32 Å². The third-order valence-electron chi connectivity index (χ3n) is 4.27. The SMILES string of the molecule is CCn1cc(C(=O)Nc2cc(F)ccc2C)c(=O)c2cc(C)ccc21. The molecule has 128 valence electrons. The molecule has 5 heteroatoms. The van der Waals surface area contributed by atoms with E-state index in [-0.39, 0.29) is 11.0 Å². The highest BCUT2D eigenvalue weighted by Gasteiger charge is 2.16. The van der Waals surface area contributed by atoms with Crippen LogP contribution in [-0.4, -0.2) is 10.5 Å². The number of benzene rings is 2. The Labute approximate surface area is 144 Å². The number of aromatic nitrogens is 1. The minimum atomic E-state index is -0.538. The number of rotatable bonds is 3. The minimum absolute atomic E-state index is 0.0450. The molecule has 3 rings (SSSR count). The van der Waals surface area contributed by atoms with Crippen LogP contribution >= 0.6 is 0 Å². The first-order valence-electron chi connectivity index (χ1n) is 8.12. The van der Waals surface area contributed by atoms with Crippen LogP contribution in [0.5, 0.6) is 0 Å². The highest BCUT2D eigenvalue weighted by atomic mass is 19.1. The number of fused-ring (bicyclic) bond motifs is 1. The number of halogens is 1. The van der Waals surface area contributed by atoms with E-state index < -0.39 is 11.7 Å². The van der Waals surface area contributed by atoms with Crippen molar-refractivity contribution in [2.24, 2.45) is 0 Å². The topological polar surface area (TPSA) is 51.1 Å². The van der Waals surface area contributed by atoms with Gasteiger partial charge in [-0.1, -0.05) is 17.7 Å². The Morgan fingerprint density at radius 3 is 2.64 bits per heavy atom. The molecule has 3 aromatic rings. The van der Waals surface area contributed by atoms with Gasteiger partial charge in [0.05, 0.1) is 5.52 Å². The average Bonchev–Trinajstić information content (AvgIpc) is 2.58.